The normalized spacial score (nSPS) is 11.2. The molecule has 4 aromatic carbocycles. The van der Waals surface area contributed by atoms with E-state index in [-0.39, 0.29) is 5.91 Å². The Balaban J connectivity index is 1.72. The van der Waals surface area contributed by atoms with Crippen molar-refractivity contribution in [2.75, 3.05) is 0 Å². The molecule has 33 heavy (non-hydrogen) atoms. The van der Waals surface area contributed by atoms with E-state index in [9.17, 15) is 4.79 Å². The van der Waals surface area contributed by atoms with Crippen LogP contribution in [0.3, 0.4) is 0 Å². The van der Waals surface area contributed by atoms with Gasteiger partial charge in [-0.2, -0.15) is 0 Å². The van der Waals surface area contributed by atoms with Gasteiger partial charge in [-0.3, -0.25) is 10.1 Å². The quantitative estimate of drug-likeness (QED) is 0.376. The SMILES string of the molecule is Cc1ccc(CNC(=O)C(NCc2ccc(C)cc2)(c2ccccc2)c2ccccc2)cc1. The van der Waals surface area contributed by atoms with Crippen LogP contribution in [0.4, 0.5) is 0 Å². The molecule has 0 radical (unpaired) electrons. The number of hydrogen-bond acceptors (Lipinski definition) is 2. The third kappa shape index (κ3) is 5.21. The Morgan fingerprint density at radius 3 is 1.48 bits per heavy atom. The third-order valence-corrected chi connectivity index (χ3v) is 6.01. The van der Waals surface area contributed by atoms with Crippen LogP contribution in [0.15, 0.2) is 109 Å². The Morgan fingerprint density at radius 2 is 1.03 bits per heavy atom. The van der Waals surface area contributed by atoms with Crippen molar-refractivity contribution >= 4 is 5.91 Å². The molecule has 0 spiro atoms. The van der Waals surface area contributed by atoms with Crippen molar-refractivity contribution in [3.63, 3.8) is 0 Å². The highest BCUT2D eigenvalue weighted by atomic mass is 16.2. The molecule has 4 aromatic rings. The Bertz CT molecular complexity index is 1130. The second kappa shape index (κ2) is 10.3. The highest BCUT2D eigenvalue weighted by Gasteiger charge is 2.41. The summed E-state index contributed by atoms with van der Waals surface area (Å²) in [5, 5.41) is 6.83. The van der Waals surface area contributed by atoms with Gasteiger partial charge in [0.1, 0.15) is 5.54 Å². The summed E-state index contributed by atoms with van der Waals surface area (Å²) in [6.07, 6.45) is 0. The molecule has 166 valence electrons. The van der Waals surface area contributed by atoms with Crippen LogP contribution in [-0.4, -0.2) is 5.91 Å². The second-order valence-corrected chi connectivity index (χ2v) is 8.49. The Hall–Kier alpha value is -3.69. The van der Waals surface area contributed by atoms with Gasteiger partial charge < -0.3 is 5.32 Å². The van der Waals surface area contributed by atoms with Crippen LogP contribution in [0.1, 0.15) is 33.4 Å². The summed E-state index contributed by atoms with van der Waals surface area (Å²) in [5.74, 6) is -0.0763. The maximum atomic E-state index is 14.0. The summed E-state index contributed by atoms with van der Waals surface area (Å²) in [7, 11) is 0. The van der Waals surface area contributed by atoms with Crippen LogP contribution in [0.25, 0.3) is 0 Å². The predicted molar refractivity (Wildman–Crippen MR) is 135 cm³/mol. The fourth-order valence-corrected chi connectivity index (χ4v) is 4.05. The van der Waals surface area contributed by atoms with Gasteiger partial charge in [-0.25, -0.2) is 0 Å². The molecular weight excluding hydrogens is 404 g/mol. The lowest BCUT2D eigenvalue weighted by Crippen LogP contribution is -2.54. The van der Waals surface area contributed by atoms with Crippen molar-refractivity contribution in [1.29, 1.82) is 0 Å². The number of carbonyl (C=O) groups excluding carboxylic acids is 1. The van der Waals surface area contributed by atoms with Crippen LogP contribution < -0.4 is 10.6 Å². The predicted octanol–water partition coefficient (Wildman–Crippen LogP) is 5.65. The van der Waals surface area contributed by atoms with Crippen LogP contribution in [0.5, 0.6) is 0 Å². The number of benzene rings is 4. The van der Waals surface area contributed by atoms with E-state index < -0.39 is 5.54 Å². The fraction of sp³-hybridized carbons (Fsp3) is 0.167. The number of amides is 1. The lowest BCUT2D eigenvalue weighted by molar-refractivity contribution is -0.126. The van der Waals surface area contributed by atoms with Crippen LogP contribution in [-0.2, 0) is 23.4 Å². The molecule has 2 N–H and O–H groups in total. The van der Waals surface area contributed by atoms with Crippen LogP contribution in [0, 0.1) is 13.8 Å². The minimum absolute atomic E-state index is 0.0763. The van der Waals surface area contributed by atoms with E-state index in [1.54, 1.807) is 0 Å². The summed E-state index contributed by atoms with van der Waals surface area (Å²) < 4.78 is 0. The zero-order valence-electron chi connectivity index (χ0n) is 19.2. The average Bonchev–Trinajstić information content (AvgIpc) is 2.86. The number of hydrogen-bond donors (Lipinski definition) is 2. The molecule has 0 saturated heterocycles. The largest absolute Gasteiger partial charge is 0.350 e. The van der Waals surface area contributed by atoms with Gasteiger partial charge >= 0.3 is 0 Å². The molecule has 0 fully saturated rings. The lowest BCUT2D eigenvalue weighted by Gasteiger charge is -2.35. The first kappa shape index (κ1) is 22.5. The number of nitrogens with one attached hydrogen (secondary N) is 2. The zero-order chi connectivity index (χ0) is 23.1. The van der Waals surface area contributed by atoms with Crippen molar-refractivity contribution in [1.82, 2.24) is 10.6 Å². The maximum Gasteiger partial charge on any atom is 0.249 e. The topological polar surface area (TPSA) is 41.1 Å². The highest BCUT2D eigenvalue weighted by Crippen LogP contribution is 2.31. The monoisotopic (exact) mass is 434 g/mol. The minimum Gasteiger partial charge on any atom is -0.350 e. The van der Waals surface area contributed by atoms with Crippen molar-refractivity contribution in [2.24, 2.45) is 0 Å². The number of rotatable bonds is 8. The van der Waals surface area contributed by atoms with E-state index in [1.807, 2.05) is 60.7 Å². The van der Waals surface area contributed by atoms with Gasteiger partial charge in [0, 0.05) is 13.1 Å². The first-order chi connectivity index (χ1) is 16.1. The molecule has 0 bridgehead atoms. The van der Waals surface area contributed by atoms with E-state index in [0.29, 0.717) is 13.1 Å². The molecule has 0 aliphatic rings. The van der Waals surface area contributed by atoms with Gasteiger partial charge in [0.25, 0.3) is 0 Å². The number of carbonyl (C=O) groups is 1. The van der Waals surface area contributed by atoms with E-state index in [0.717, 1.165) is 22.3 Å². The van der Waals surface area contributed by atoms with E-state index in [1.165, 1.54) is 11.1 Å². The summed E-state index contributed by atoms with van der Waals surface area (Å²) in [6, 6.07) is 36.6. The summed E-state index contributed by atoms with van der Waals surface area (Å²) in [5.41, 5.74) is 5.40. The maximum absolute atomic E-state index is 14.0. The first-order valence-corrected chi connectivity index (χ1v) is 11.3. The van der Waals surface area contributed by atoms with E-state index >= 15 is 0 Å². The van der Waals surface area contributed by atoms with Crippen molar-refractivity contribution in [2.45, 2.75) is 32.5 Å². The van der Waals surface area contributed by atoms with Crippen LogP contribution >= 0.6 is 0 Å². The zero-order valence-corrected chi connectivity index (χ0v) is 19.2. The molecule has 0 aromatic heterocycles. The molecule has 0 heterocycles. The Labute approximate surface area is 196 Å². The molecule has 0 unspecified atom stereocenters. The molecule has 3 heteroatoms. The van der Waals surface area contributed by atoms with Gasteiger partial charge in [-0.15, -0.1) is 0 Å². The molecule has 0 aliphatic carbocycles. The second-order valence-electron chi connectivity index (χ2n) is 8.49. The summed E-state index contributed by atoms with van der Waals surface area (Å²) in [4.78, 5) is 14.0. The molecule has 0 atom stereocenters. The first-order valence-electron chi connectivity index (χ1n) is 11.3. The minimum atomic E-state index is -1.03. The number of aryl methyl sites for hydroxylation is 2. The molecule has 0 aliphatic heterocycles. The Morgan fingerprint density at radius 1 is 0.606 bits per heavy atom. The van der Waals surface area contributed by atoms with Gasteiger partial charge in [0.2, 0.25) is 5.91 Å². The standard InChI is InChI=1S/C30H30N2O/c1-23-13-17-25(18-14-23)21-31-29(33)30(27-9-5-3-6-10-27,28-11-7-4-8-12-28)32-22-26-19-15-24(2)16-20-26/h3-20,32H,21-22H2,1-2H3,(H,31,33). The average molecular weight is 435 g/mol. The van der Waals surface area contributed by atoms with Crippen molar-refractivity contribution in [3.8, 4) is 0 Å². The van der Waals surface area contributed by atoms with Crippen molar-refractivity contribution < 1.29 is 4.79 Å². The molecule has 3 nitrogen and oxygen atoms in total. The van der Waals surface area contributed by atoms with Gasteiger partial charge in [0.15, 0.2) is 0 Å². The summed E-state index contributed by atoms with van der Waals surface area (Å²) >= 11 is 0. The lowest BCUT2D eigenvalue weighted by atomic mass is 9.81. The van der Waals surface area contributed by atoms with Gasteiger partial charge in [-0.1, -0.05) is 120 Å². The summed E-state index contributed by atoms with van der Waals surface area (Å²) in [6.45, 7) is 5.16. The fourth-order valence-electron chi connectivity index (χ4n) is 4.05. The highest BCUT2D eigenvalue weighted by molar-refractivity contribution is 5.91. The van der Waals surface area contributed by atoms with Crippen molar-refractivity contribution in [3.05, 3.63) is 143 Å². The van der Waals surface area contributed by atoms with Gasteiger partial charge in [0.05, 0.1) is 0 Å². The van der Waals surface area contributed by atoms with E-state index in [4.69, 9.17) is 0 Å². The van der Waals surface area contributed by atoms with E-state index in [2.05, 4.69) is 73.0 Å². The van der Waals surface area contributed by atoms with Gasteiger partial charge in [-0.05, 0) is 36.1 Å². The molecule has 4 rings (SSSR count). The molecule has 1 amide bonds. The smallest absolute Gasteiger partial charge is 0.249 e. The molecule has 0 saturated carbocycles. The Kier molecular flexibility index (Phi) is 7.01. The molecular formula is C30H30N2O. The third-order valence-electron chi connectivity index (χ3n) is 6.01. The van der Waals surface area contributed by atoms with Crippen LogP contribution in [0.2, 0.25) is 0 Å².